The smallest absolute Gasteiger partial charge is 0.130 e. The first-order chi connectivity index (χ1) is 9.24. The SMILES string of the molecule is CCC(C)c1ccc(-c2ccnc(CCN)n2)cc1. The zero-order valence-electron chi connectivity index (χ0n) is 11.6. The van der Waals surface area contributed by atoms with Crippen molar-refractivity contribution < 1.29 is 0 Å². The fourth-order valence-corrected chi connectivity index (χ4v) is 2.03. The van der Waals surface area contributed by atoms with Crippen molar-refractivity contribution in [2.24, 2.45) is 5.73 Å². The molecule has 1 unspecified atom stereocenters. The van der Waals surface area contributed by atoms with E-state index in [-0.39, 0.29) is 0 Å². The van der Waals surface area contributed by atoms with Gasteiger partial charge in [0, 0.05) is 18.2 Å². The van der Waals surface area contributed by atoms with E-state index in [1.54, 1.807) is 6.20 Å². The summed E-state index contributed by atoms with van der Waals surface area (Å²) in [5.41, 5.74) is 9.01. The van der Waals surface area contributed by atoms with Gasteiger partial charge in [-0.15, -0.1) is 0 Å². The van der Waals surface area contributed by atoms with Gasteiger partial charge in [-0.2, -0.15) is 0 Å². The minimum atomic E-state index is 0.580. The predicted octanol–water partition coefficient (Wildman–Crippen LogP) is 3.16. The average Bonchev–Trinajstić information content (AvgIpc) is 2.47. The third-order valence-corrected chi connectivity index (χ3v) is 3.46. The number of nitrogens with zero attached hydrogens (tertiary/aromatic N) is 2. The predicted molar refractivity (Wildman–Crippen MR) is 78.9 cm³/mol. The number of benzene rings is 1. The molecule has 19 heavy (non-hydrogen) atoms. The highest BCUT2D eigenvalue weighted by Crippen LogP contribution is 2.22. The number of hydrogen-bond donors (Lipinski definition) is 1. The van der Waals surface area contributed by atoms with Gasteiger partial charge in [0.2, 0.25) is 0 Å². The summed E-state index contributed by atoms with van der Waals surface area (Å²) in [4.78, 5) is 8.76. The zero-order chi connectivity index (χ0) is 13.7. The van der Waals surface area contributed by atoms with Crippen LogP contribution < -0.4 is 5.73 Å². The molecule has 0 radical (unpaired) electrons. The average molecular weight is 255 g/mol. The summed E-state index contributed by atoms with van der Waals surface area (Å²) in [7, 11) is 0. The highest BCUT2D eigenvalue weighted by molar-refractivity contribution is 5.59. The molecule has 1 heterocycles. The Bertz CT molecular complexity index is 520. The Morgan fingerprint density at radius 1 is 1.16 bits per heavy atom. The minimum Gasteiger partial charge on any atom is -0.330 e. The first-order valence-electron chi connectivity index (χ1n) is 6.87. The van der Waals surface area contributed by atoms with Gasteiger partial charge in [0.25, 0.3) is 0 Å². The normalized spacial score (nSPS) is 12.4. The van der Waals surface area contributed by atoms with Gasteiger partial charge in [-0.05, 0) is 30.5 Å². The molecule has 0 aliphatic heterocycles. The Morgan fingerprint density at radius 3 is 2.53 bits per heavy atom. The molecule has 1 aromatic heterocycles. The molecule has 2 N–H and O–H groups in total. The molecule has 1 atom stereocenters. The number of hydrogen-bond acceptors (Lipinski definition) is 3. The molecule has 2 rings (SSSR count). The fraction of sp³-hybridized carbons (Fsp3) is 0.375. The van der Waals surface area contributed by atoms with Gasteiger partial charge in [-0.3, -0.25) is 0 Å². The van der Waals surface area contributed by atoms with Crippen molar-refractivity contribution in [1.29, 1.82) is 0 Å². The number of aromatic nitrogens is 2. The summed E-state index contributed by atoms with van der Waals surface area (Å²) >= 11 is 0. The molecule has 100 valence electrons. The lowest BCUT2D eigenvalue weighted by atomic mass is 9.97. The fourth-order valence-electron chi connectivity index (χ4n) is 2.03. The molecule has 3 nitrogen and oxygen atoms in total. The van der Waals surface area contributed by atoms with Crippen LogP contribution in [0, 0.1) is 0 Å². The Morgan fingerprint density at radius 2 is 1.89 bits per heavy atom. The van der Waals surface area contributed by atoms with Crippen LogP contribution in [0.25, 0.3) is 11.3 Å². The molecular formula is C16H21N3. The van der Waals surface area contributed by atoms with E-state index in [0.717, 1.165) is 29.9 Å². The third-order valence-electron chi connectivity index (χ3n) is 3.46. The van der Waals surface area contributed by atoms with Gasteiger partial charge in [0.1, 0.15) is 5.82 Å². The second-order valence-corrected chi connectivity index (χ2v) is 4.83. The van der Waals surface area contributed by atoms with Crippen LogP contribution in [0.15, 0.2) is 36.5 Å². The van der Waals surface area contributed by atoms with Crippen LogP contribution in [-0.2, 0) is 6.42 Å². The van der Waals surface area contributed by atoms with E-state index in [9.17, 15) is 0 Å². The Balaban J connectivity index is 2.24. The Labute approximate surface area is 114 Å². The molecule has 0 spiro atoms. The first-order valence-corrected chi connectivity index (χ1v) is 6.87. The summed E-state index contributed by atoms with van der Waals surface area (Å²) in [5, 5.41) is 0. The molecule has 0 bridgehead atoms. The monoisotopic (exact) mass is 255 g/mol. The summed E-state index contributed by atoms with van der Waals surface area (Å²) in [6, 6.07) is 10.6. The lowest BCUT2D eigenvalue weighted by Gasteiger charge is -2.09. The second-order valence-electron chi connectivity index (χ2n) is 4.83. The van der Waals surface area contributed by atoms with Crippen LogP contribution >= 0.6 is 0 Å². The van der Waals surface area contributed by atoms with E-state index in [4.69, 9.17) is 5.73 Å². The van der Waals surface area contributed by atoms with E-state index in [0.29, 0.717) is 12.5 Å². The second kappa shape index (κ2) is 6.43. The largest absolute Gasteiger partial charge is 0.330 e. The molecule has 1 aromatic carbocycles. The Kier molecular flexibility index (Phi) is 4.63. The van der Waals surface area contributed by atoms with Gasteiger partial charge < -0.3 is 5.73 Å². The van der Waals surface area contributed by atoms with Crippen molar-refractivity contribution in [2.75, 3.05) is 6.54 Å². The van der Waals surface area contributed by atoms with E-state index in [1.165, 1.54) is 5.56 Å². The quantitative estimate of drug-likeness (QED) is 0.893. The van der Waals surface area contributed by atoms with Crippen molar-refractivity contribution in [3.63, 3.8) is 0 Å². The first kappa shape index (κ1) is 13.7. The lowest BCUT2D eigenvalue weighted by Crippen LogP contribution is -2.06. The minimum absolute atomic E-state index is 0.580. The molecule has 0 aliphatic carbocycles. The van der Waals surface area contributed by atoms with Crippen molar-refractivity contribution in [3.05, 3.63) is 47.9 Å². The topological polar surface area (TPSA) is 51.8 Å². The van der Waals surface area contributed by atoms with Crippen molar-refractivity contribution in [3.8, 4) is 11.3 Å². The van der Waals surface area contributed by atoms with Crippen LogP contribution in [0.3, 0.4) is 0 Å². The summed E-state index contributed by atoms with van der Waals surface area (Å²) < 4.78 is 0. The van der Waals surface area contributed by atoms with Crippen LogP contribution in [0.1, 0.15) is 37.6 Å². The molecular weight excluding hydrogens is 234 g/mol. The van der Waals surface area contributed by atoms with Gasteiger partial charge in [0.15, 0.2) is 0 Å². The van der Waals surface area contributed by atoms with Crippen molar-refractivity contribution in [1.82, 2.24) is 9.97 Å². The molecule has 0 saturated carbocycles. The molecule has 0 saturated heterocycles. The van der Waals surface area contributed by atoms with Crippen molar-refractivity contribution in [2.45, 2.75) is 32.6 Å². The van der Waals surface area contributed by atoms with Crippen LogP contribution in [-0.4, -0.2) is 16.5 Å². The summed E-state index contributed by atoms with van der Waals surface area (Å²) in [6.07, 6.45) is 3.68. The molecule has 0 aliphatic rings. The maximum atomic E-state index is 5.54. The molecule has 3 heteroatoms. The van der Waals surface area contributed by atoms with Crippen molar-refractivity contribution >= 4 is 0 Å². The van der Waals surface area contributed by atoms with Gasteiger partial charge in [-0.25, -0.2) is 9.97 Å². The molecule has 0 fully saturated rings. The number of rotatable bonds is 5. The van der Waals surface area contributed by atoms with E-state index < -0.39 is 0 Å². The summed E-state index contributed by atoms with van der Waals surface area (Å²) in [5.74, 6) is 1.42. The number of nitrogens with two attached hydrogens (primary N) is 1. The van der Waals surface area contributed by atoms with Gasteiger partial charge in [0.05, 0.1) is 5.69 Å². The van der Waals surface area contributed by atoms with E-state index >= 15 is 0 Å². The standard InChI is InChI=1S/C16H21N3/c1-3-12(2)13-4-6-14(7-5-13)15-9-11-18-16(19-15)8-10-17/h4-7,9,11-12H,3,8,10,17H2,1-2H3. The third kappa shape index (κ3) is 3.38. The molecule has 2 aromatic rings. The summed E-state index contributed by atoms with van der Waals surface area (Å²) in [6.45, 7) is 5.04. The highest BCUT2D eigenvalue weighted by Gasteiger charge is 2.05. The highest BCUT2D eigenvalue weighted by atomic mass is 14.9. The van der Waals surface area contributed by atoms with E-state index in [2.05, 4.69) is 48.1 Å². The van der Waals surface area contributed by atoms with Gasteiger partial charge in [-0.1, -0.05) is 38.1 Å². The van der Waals surface area contributed by atoms with Crippen LogP contribution in [0.2, 0.25) is 0 Å². The lowest BCUT2D eigenvalue weighted by molar-refractivity contribution is 0.734. The van der Waals surface area contributed by atoms with Gasteiger partial charge >= 0.3 is 0 Å². The Hall–Kier alpha value is -1.74. The van der Waals surface area contributed by atoms with Crippen LogP contribution in [0.4, 0.5) is 0 Å². The zero-order valence-corrected chi connectivity index (χ0v) is 11.6. The van der Waals surface area contributed by atoms with Crippen LogP contribution in [0.5, 0.6) is 0 Å². The maximum Gasteiger partial charge on any atom is 0.130 e. The molecule has 0 amide bonds. The maximum absolute atomic E-state index is 5.54. The van der Waals surface area contributed by atoms with E-state index in [1.807, 2.05) is 6.07 Å².